The quantitative estimate of drug-likeness (QED) is 0.582. The van der Waals surface area contributed by atoms with Gasteiger partial charge in [-0.05, 0) is 30.3 Å². The first-order chi connectivity index (χ1) is 14.8. The van der Waals surface area contributed by atoms with Gasteiger partial charge in [-0.2, -0.15) is 0 Å². The van der Waals surface area contributed by atoms with Crippen LogP contribution in [0.3, 0.4) is 0 Å². The Bertz CT molecular complexity index is 1360. The van der Waals surface area contributed by atoms with E-state index in [1.165, 1.54) is 12.5 Å². The number of aliphatic imine (C=N–C) groups is 1. The summed E-state index contributed by atoms with van der Waals surface area (Å²) >= 11 is 0. The molecule has 2 aromatic carbocycles. The van der Waals surface area contributed by atoms with Crippen LogP contribution in [0, 0.1) is 0 Å². The summed E-state index contributed by atoms with van der Waals surface area (Å²) in [6.07, 6.45) is 10.5. The van der Waals surface area contributed by atoms with Gasteiger partial charge in [0.05, 0.1) is 17.4 Å². The monoisotopic (exact) mass is 395 g/mol. The van der Waals surface area contributed by atoms with Crippen LogP contribution < -0.4 is 15.3 Å². The van der Waals surface area contributed by atoms with E-state index in [9.17, 15) is 4.79 Å². The largest absolute Gasteiger partial charge is 0.488 e. The van der Waals surface area contributed by atoms with Gasteiger partial charge in [-0.1, -0.05) is 24.3 Å². The maximum absolute atomic E-state index is 12.4. The average molecular weight is 395 g/mol. The number of para-hydroxylation sites is 1. The summed E-state index contributed by atoms with van der Waals surface area (Å²) in [6, 6.07) is 13.3. The molecular weight excluding hydrogens is 378 g/mol. The van der Waals surface area contributed by atoms with Gasteiger partial charge in [0.1, 0.15) is 18.7 Å². The molecular formula is C23H17N5O2. The second-order valence-corrected chi connectivity index (χ2v) is 6.81. The second-order valence-electron chi connectivity index (χ2n) is 6.81. The number of hydrogen-bond donors (Lipinski definition) is 0. The number of fused-ring (bicyclic) bond motifs is 4. The third-order valence-electron chi connectivity index (χ3n) is 4.79. The van der Waals surface area contributed by atoms with Gasteiger partial charge in [0.2, 0.25) is 0 Å². The number of carbonyl (C=O) groups excluding carboxylic acids is 1. The predicted octanol–water partition coefficient (Wildman–Crippen LogP) is 2.06. The summed E-state index contributed by atoms with van der Waals surface area (Å²) in [7, 11) is 0. The lowest BCUT2D eigenvalue weighted by molar-refractivity contribution is -0.114. The summed E-state index contributed by atoms with van der Waals surface area (Å²) < 4.78 is 5.74. The van der Waals surface area contributed by atoms with Gasteiger partial charge in [0.15, 0.2) is 5.82 Å². The van der Waals surface area contributed by atoms with Crippen LogP contribution in [0.5, 0.6) is 5.75 Å². The van der Waals surface area contributed by atoms with E-state index in [0.29, 0.717) is 23.7 Å². The van der Waals surface area contributed by atoms with E-state index in [-0.39, 0.29) is 12.5 Å². The Kier molecular flexibility index (Phi) is 4.61. The molecule has 0 fully saturated rings. The van der Waals surface area contributed by atoms with E-state index < -0.39 is 0 Å². The molecule has 3 heterocycles. The Balaban J connectivity index is 1.73. The van der Waals surface area contributed by atoms with Crippen molar-refractivity contribution in [3.8, 4) is 5.75 Å². The van der Waals surface area contributed by atoms with Crippen molar-refractivity contribution in [1.82, 2.24) is 14.9 Å². The van der Waals surface area contributed by atoms with Gasteiger partial charge >= 0.3 is 0 Å². The number of amides is 1. The molecule has 0 spiro atoms. The summed E-state index contributed by atoms with van der Waals surface area (Å²) in [5, 5.41) is 2.46. The molecule has 4 bridgehead atoms. The first kappa shape index (κ1) is 17.9. The lowest BCUT2D eigenvalue weighted by atomic mass is 10.1. The molecule has 2 aliphatic heterocycles. The smallest absolute Gasteiger partial charge is 0.274 e. The van der Waals surface area contributed by atoms with E-state index in [1.807, 2.05) is 65.8 Å². The highest BCUT2D eigenvalue weighted by atomic mass is 16.5. The molecule has 1 aromatic heterocycles. The predicted molar refractivity (Wildman–Crippen MR) is 114 cm³/mol. The Labute approximate surface area is 172 Å². The van der Waals surface area contributed by atoms with E-state index in [1.54, 1.807) is 6.08 Å². The SMILES string of the molecule is O=C1N=CCOc2ccc3ncnc(c3c2)N=c2cccc/c2=C\N2C=CC=C1C2. The Hall–Kier alpha value is -4.13. The van der Waals surface area contributed by atoms with Crippen LogP contribution in [-0.2, 0) is 4.79 Å². The van der Waals surface area contributed by atoms with Crippen LogP contribution in [0.25, 0.3) is 17.1 Å². The molecule has 0 saturated heterocycles. The van der Waals surface area contributed by atoms with Crippen LogP contribution in [0.15, 0.2) is 82.7 Å². The zero-order valence-electron chi connectivity index (χ0n) is 16.0. The fraction of sp³-hybridized carbons (Fsp3) is 0.0870. The molecule has 0 unspecified atom stereocenters. The fourth-order valence-electron chi connectivity index (χ4n) is 3.33. The summed E-state index contributed by atoms with van der Waals surface area (Å²) in [5.41, 5.74) is 1.38. The van der Waals surface area contributed by atoms with E-state index >= 15 is 0 Å². The van der Waals surface area contributed by atoms with Crippen LogP contribution in [0.2, 0.25) is 0 Å². The molecule has 0 radical (unpaired) electrons. The zero-order valence-corrected chi connectivity index (χ0v) is 16.0. The third-order valence-corrected chi connectivity index (χ3v) is 4.79. The molecule has 5 rings (SSSR count). The van der Waals surface area contributed by atoms with Crippen molar-refractivity contribution < 1.29 is 9.53 Å². The van der Waals surface area contributed by atoms with Crippen LogP contribution in [0.1, 0.15) is 0 Å². The number of hydrogen-bond acceptors (Lipinski definition) is 6. The number of nitrogens with zero attached hydrogens (tertiary/aromatic N) is 5. The number of benzene rings is 2. The average Bonchev–Trinajstić information content (AvgIpc) is 2.78. The molecule has 7 heteroatoms. The number of rotatable bonds is 0. The number of allylic oxidation sites excluding steroid dienone is 2. The van der Waals surface area contributed by atoms with Gasteiger partial charge in [-0.25, -0.2) is 20.0 Å². The molecule has 0 saturated carbocycles. The maximum atomic E-state index is 12.4. The van der Waals surface area contributed by atoms with Crippen molar-refractivity contribution in [3.63, 3.8) is 0 Å². The minimum Gasteiger partial charge on any atom is -0.488 e. The van der Waals surface area contributed by atoms with Crippen molar-refractivity contribution in [2.75, 3.05) is 13.2 Å². The highest BCUT2D eigenvalue weighted by molar-refractivity contribution is 5.99. The molecule has 0 aliphatic carbocycles. The summed E-state index contributed by atoms with van der Waals surface area (Å²) in [6.45, 7) is 0.609. The third kappa shape index (κ3) is 3.60. The summed E-state index contributed by atoms with van der Waals surface area (Å²) in [4.78, 5) is 31.9. The maximum Gasteiger partial charge on any atom is 0.274 e. The van der Waals surface area contributed by atoms with Gasteiger partial charge in [-0.15, -0.1) is 0 Å². The van der Waals surface area contributed by atoms with Crippen molar-refractivity contribution in [2.45, 2.75) is 0 Å². The molecule has 30 heavy (non-hydrogen) atoms. The highest BCUT2D eigenvalue weighted by Crippen LogP contribution is 2.25. The van der Waals surface area contributed by atoms with Crippen LogP contribution in [-0.4, -0.2) is 40.1 Å². The minimum atomic E-state index is -0.277. The Morgan fingerprint density at radius 2 is 2.00 bits per heavy atom. The van der Waals surface area contributed by atoms with Crippen molar-refractivity contribution in [2.24, 2.45) is 9.98 Å². The first-order valence-electron chi connectivity index (χ1n) is 9.49. The topological polar surface area (TPSA) is 80.0 Å². The van der Waals surface area contributed by atoms with Crippen LogP contribution >= 0.6 is 0 Å². The highest BCUT2D eigenvalue weighted by Gasteiger charge is 2.13. The van der Waals surface area contributed by atoms with Crippen LogP contribution in [0.4, 0.5) is 5.82 Å². The van der Waals surface area contributed by atoms with Gasteiger partial charge in [0.25, 0.3) is 5.91 Å². The molecule has 2 aliphatic rings. The van der Waals surface area contributed by atoms with Gasteiger partial charge in [-0.3, -0.25) is 4.79 Å². The first-order valence-corrected chi connectivity index (χ1v) is 9.49. The molecule has 1 amide bonds. The molecule has 0 atom stereocenters. The normalized spacial score (nSPS) is 16.9. The van der Waals surface area contributed by atoms with Crippen molar-refractivity contribution in [1.29, 1.82) is 0 Å². The van der Waals surface area contributed by atoms with E-state index in [4.69, 9.17) is 9.73 Å². The molecule has 3 aromatic rings. The lowest BCUT2D eigenvalue weighted by Crippen LogP contribution is -2.29. The minimum absolute atomic E-state index is 0.180. The van der Waals surface area contributed by atoms with Gasteiger partial charge in [0, 0.05) is 34.8 Å². The molecule has 7 nitrogen and oxygen atoms in total. The molecule has 146 valence electrons. The summed E-state index contributed by atoms with van der Waals surface area (Å²) in [5.74, 6) is 0.920. The van der Waals surface area contributed by atoms with Gasteiger partial charge < -0.3 is 9.64 Å². The Morgan fingerprint density at radius 1 is 1.07 bits per heavy atom. The Morgan fingerprint density at radius 3 is 2.97 bits per heavy atom. The zero-order chi connectivity index (χ0) is 20.3. The van der Waals surface area contributed by atoms with Crippen molar-refractivity contribution in [3.05, 3.63) is 83.3 Å². The lowest BCUT2D eigenvalue weighted by Gasteiger charge is -2.19. The number of aromatic nitrogens is 2. The fourth-order valence-corrected chi connectivity index (χ4v) is 3.33. The van der Waals surface area contributed by atoms with Crippen molar-refractivity contribution >= 4 is 35.0 Å². The number of ether oxygens (including phenoxy) is 1. The number of carbonyl (C=O) groups is 1. The van der Waals surface area contributed by atoms with E-state index in [0.717, 1.165) is 21.5 Å². The second kappa shape index (κ2) is 7.71. The standard InChI is InChI=1S/C23H17N5O2/c29-23-17-5-3-10-28(14-17)13-16-4-1-2-6-20(16)27-22-19-12-18(30-11-9-24-23)7-8-21(19)25-15-26-22/h1-10,12-13,15H,11,14H2/b16-13+,24-9?,27-20?. The van der Waals surface area contributed by atoms with E-state index in [2.05, 4.69) is 15.0 Å². The molecule has 0 N–H and O–H groups in total.